The molecular weight excluding hydrogens is 443 g/mol. The maximum atomic E-state index is 11.4. The molecule has 164 valence electrons. The van der Waals surface area contributed by atoms with Crippen LogP contribution in [0.1, 0.15) is 27.8 Å². The van der Waals surface area contributed by atoms with Crippen molar-refractivity contribution in [3.63, 3.8) is 0 Å². The summed E-state index contributed by atoms with van der Waals surface area (Å²) in [5.74, 6) is 0.411. The zero-order valence-electron chi connectivity index (χ0n) is 18.0. The summed E-state index contributed by atoms with van der Waals surface area (Å²) >= 11 is 12.6. The minimum atomic E-state index is -0.379. The molecule has 3 rings (SSSR count). The third-order valence-corrected chi connectivity index (χ3v) is 5.66. The fraction of sp³-hybridized carbons (Fsp3) is 0.148. The van der Waals surface area contributed by atoms with E-state index in [1.165, 1.54) is 13.2 Å². The van der Waals surface area contributed by atoms with E-state index in [9.17, 15) is 4.79 Å². The first-order chi connectivity index (χ1) is 15.5. The number of carbonyl (C=O) groups excluding carboxylic acids is 1. The quantitative estimate of drug-likeness (QED) is 0.257. The molecule has 5 heteroatoms. The Hall–Kier alpha value is -3.01. The zero-order chi connectivity index (χ0) is 22.9. The summed E-state index contributed by atoms with van der Waals surface area (Å²) in [4.78, 5) is 11.4. The van der Waals surface area contributed by atoms with Crippen LogP contribution in [0.25, 0.3) is 12.2 Å². The first kappa shape index (κ1) is 23.6. The van der Waals surface area contributed by atoms with E-state index in [-0.39, 0.29) is 12.6 Å². The van der Waals surface area contributed by atoms with Crippen LogP contribution in [-0.4, -0.2) is 13.1 Å². The van der Waals surface area contributed by atoms with Gasteiger partial charge in [-0.3, -0.25) is 0 Å². The molecule has 0 unspecified atom stereocenters. The lowest BCUT2D eigenvalue weighted by Gasteiger charge is -2.14. The molecule has 0 amide bonds. The zero-order valence-corrected chi connectivity index (χ0v) is 19.5. The highest BCUT2D eigenvalue weighted by atomic mass is 35.5. The van der Waals surface area contributed by atoms with Crippen molar-refractivity contribution in [3.05, 3.63) is 111 Å². The number of benzene rings is 3. The summed E-state index contributed by atoms with van der Waals surface area (Å²) in [6.07, 6.45) is 8.01. The molecule has 0 atom stereocenters. The Kier molecular flexibility index (Phi) is 8.55. The number of aryl methyl sites for hydroxylation is 1. The smallest absolute Gasteiger partial charge is 0.330 e. The minimum absolute atomic E-state index is 0.283. The predicted molar refractivity (Wildman–Crippen MR) is 132 cm³/mol. The van der Waals surface area contributed by atoms with Crippen molar-refractivity contribution in [1.29, 1.82) is 0 Å². The van der Waals surface area contributed by atoms with Gasteiger partial charge in [-0.1, -0.05) is 83.9 Å². The summed E-state index contributed by atoms with van der Waals surface area (Å²) in [5, 5.41) is 1.17. The number of halogens is 2. The molecule has 0 spiro atoms. The van der Waals surface area contributed by atoms with Gasteiger partial charge in [-0.15, -0.1) is 0 Å². The molecule has 0 aliphatic carbocycles. The molecule has 0 aromatic heterocycles. The maximum Gasteiger partial charge on any atom is 0.330 e. The third kappa shape index (κ3) is 6.25. The lowest BCUT2D eigenvalue weighted by molar-refractivity contribution is -0.134. The molecular formula is C27H24Cl2O3. The highest BCUT2D eigenvalue weighted by molar-refractivity contribution is 6.35. The van der Waals surface area contributed by atoms with Crippen molar-refractivity contribution in [2.45, 2.75) is 20.0 Å². The number of carbonyl (C=O) groups is 1. The van der Waals surface area contributed by atoms with Crippen molar-refractivity contribution >= 4 is 41.3 Å². The predicted octanol–water partition coefficient (Wildman–Crippen LogP) is 7.32. The highest BCUT2D eigenvalue weighted by Crippen LogP contribution is 2.29. The van der Waals surface area contributed by atoms with Crippen molar-refractivity contribution in [2.24, 2.45) is 0 Å². The Morgan fingerprint density at radius 3 is 2.34 bits per heavy atom. The number of ether oxygens (including phenoxy) is 2. The van der Waals surface area contributed by atoms with Crippen LogP contribution in [0.3, 0.4) is 0 Å². The SMILES string of the molecule is COC(=O)/C=C/c1ccccc1C/C=C/c1cccc(C)c1OCc1c(Cl)cccc1Cl. The van der Waals surface area contributed by atoms with Gasteiger partial charge in [0.15, 0.2) is 0 Å². The normalized spacial score (nSPS) is 11.2. The fourth-order valence-electron chi connectivity index (χ4n) is 3.24. The minimum Gasteiger partial charge on any atom is -0.488 e. The number of hydrogen-bond donors (Lipinski definition) is 0. The van der Waals surface area contributed by atoms with Crippen molar-refractivity contribution < 1.29 is 14.3 Å². The molecule has 3 aromatic carbocycles. The summed E-state index contributed by atoms with van der Waals surface area (Å²) in [6, 6.07) is 19.4. The Labute approximate surface area is 198 Å². The summed E-state index contributed by atoms with van der Waals surface area (Å²) in [5.41, 5.74) is 4.83. The standard InChI is InChI=1S/C27H24Cl2O3/c1-19-8-5-12-22(27(19)32-18-23-24(28)14-7-15-25(23)29)13-6-11-20-9-3-4-10-21(20)16-17-26(30)31-2/h3-10,12-17H,11,18H2,1-2H3/b13-6+,17-16+. The molecule has 0 heterocycles. The molecule has 0 bridgehead atoms. The molecule has 3 aromatic rings. The lowest BCUT2D eigenvalue weighted by Crippen LogP contribution is -2.00. The largest absolute Gasteiger partial charge is 0.488 e. The molecule has 0 fully saturated rings. The van der Waals surface area contributed by atoms with Crippen LogP contribution < -0.4 is 4.74 Å². The molecule has 0 N–H and O–H groups in total. The van der Waals surface area contributed by atoms with Gasteiger partial charge in [-0.05, 0) is 48.2 Å². The van der Waals surface area contributed by atoms with Crippen LogP contribution in [0.4, 0.5) is 0 Å². The number of allylic oxidation sites excluding steroid dienone is 1. The monoisotopic (exact) mass is 466 g/mol. The van der Waals surface area contributed by atoms with Crippen molar-refractivity contribution in [2.75, 3.05) is 7.11 Å². The number of hydrogen-bond acceptors (Lipinski definition) is 3. The van der Waals surface area contributed by atoms with Crippen LogP contribution in [0.2, 0.25) is 10.0 Å². The second-order valence-electron chi connectivity index (χ2n) is 7.14. The first-order valence-corrected chi connectivity index (χ1v) is 10.9. The van der Waals surface area contributed by atoms with Crippen molar-refractivity contribution in [1.82, 2.24) is 0 Å². The van der Waals surface area contributed by atoms with Crippen LogP contribution in [0.15, 0.2) is 72.8 Å². The molecule has 0 radical (unpaired) electrons. The van der Waals surface area contributed by atoms with E-state index in [1.807, 2.05) is 61.5 Å². The summed E-state index contributed by atoms with van der Waals surface area (Å²) in [7, 11) is 1.36. The van der Waals surface area contributed by atoms with Gasteiger partial charge in [0.2, 0.25) is 0 Å². The topological polar surface area (TPSA) is 35.5 Å². The van der Waals surface area contributed by atoms with Crippen LogP contribution in [0.5, 0.6) is 5.75 Å². The summed E-state index contributed by atoms with van der Waals surface area (Å²) < 4.78 is 10.8. The molecule has 0 aliphatic heterocycles. The average molecular weight is 467 g/mol. The fourth-order valence-corrected chi connectivity index (χ4v) is 3.75. The third-order valence-electron chi connectivity index (χ3n) is 4.96. The van der Waals surface area contributed by atoms with Gasteiger partial charge in [0.05, 0.1) is 7.11 Å². The Morgan fingerprint density at radius 1 is 0.906 bits per heavy atom. The van der Waals surface area contributed by atoms with E-state index in [2.05, 4.69) is 10.8 Å². The molecule has 0 saturated carbocycles. The van der Waals surface area contributed by atoms with Crippen LogP contribution in [-0.2, 0) is 22.6 Å². The van der Waals surface area contributed by atoms with Gasteiger partial charge < -0.3 is 9.47 Å². The Bertz CT molecular complexity index is 1130. The van der Waals surface area contributed by atoms with E-state index >= 15 is 0 Å². The number of para-hydroxylation sites is 1. The molecule has 0 aliphatic rings. The Balaban J connectivity index is 1.77. The van der Waals surface area contributed by atoms with E-state index in [0.717, 1.165) is 33.6 Å². The van der Waals surface area contributed by atoms with Gasteiger partial charge in [-0.2, -0.15) is 0 Å². The van der Waals surface area contributed by atoms with Gasteiger partial charge in [0.25, 0.3) is 0 Å². The summed E-state index contributed by atoms with van der Waals surface area (Å²) in [6.45, 7) is 2.29. The number of esters is 1. The maximum absolute atomic E-state index is 11.4. The van der Waals surface area contributed by atoms with Crippen LogP contribution >= 0.6 is 23.2 Å². The van der Waals surface area contributed by atoms with Crippen LogP contribution in [0, 0.1) is 6.92 Å². The number of methoxy groups -OCH3 is 1. The molecule has 0 saturated heterocycles. The second kappa shape index (κ2) is 11.6. The van der Waals surface area contributed by atoms with Gasteiger partial charge >= 0.3 is 5.97 Å². The van der Waals surface area contributed by atoms with Gasteiger partial charge in [0.1, 0.15) is 12.4 Å². The van der Waals surface area contributed by atoms with Gasteiger partial charge in [0, 0.05) is 27.2 Å². The van der Waals surface area contributed by atoms with E-state index in [1.54, 1.807) is 18.2 Å². The van der Waals surface area contributed by atoms with E-state index in [0.29, 0.717) is 16.5 Å². The van der Waals surface area contributed by atoms with E-state index < -0.39 is 0 Å². The second-order valence-corrected chi connectivity index (χ2v) is 7.96. The Morgan fingerprint density at radius 2 is 1.59 bits per heavy atom. The highest BCUT2D eigenvalue weighted by Gasteiger charge is 2.10. The number of rotatable bonds is 8. The lowest BCUT2D eigenvalue weighted by atomic mass is 10.0. The first-order valence-electron chi connectivity index (χ1n) is 10.2. The van der Waals surface area contributed by atoms with Crippen molar-refractivity contribution in [3.8, 4) is 5.75 Å². The molecule has 3 nitrogen and oxygen atoms in total. The molecule has 32 heavy (non-hydrogen) atoms. The van der Waals surface area contributed by atoms with Gasteiger partial charge in [-0.25, -0.2) is 4.79 Å². The van der Waals surface area contributed by atoms with E-state index in [4.69, 9.17) is 27.9 Å². The average Bonchev–Trinajstić information content (AvgIpc) is 2.79.